The lowest BCUT2D eigenvalue weighted by atomic mass is 10.2. The molecular formula is C18H20N8O3. The highest BCUT2D eigenvalue weighted by Gasteiger charge is 2.25. The molecule has 3 aromatic rings. The van der Waals surface area contributed by atoms with Gasteiger partial charge in [0.25, 0.3) is 0 Å². The summed E-state index contributed by atoms with van der Waals surface area (Å²) in [6, 6.07) is 5.22. The largest absolute Gasteiger partial charge is 0.454 e. The second-order valence-corrected chi connectivity index (χ2v) is 6.75. The van der Waals surface area contributed by atoms with Crippen molar-refractivity contribution in [2.75, 3.05) is 43.2 Å². The Morgan fingerprint density at radius 1 is 1.14 bits per heavy atom. The van der Waals surface area contributed by atoms with Gasteiger partial charge in [-0.2, -0.15) is 0 Å². The minimum Gasteiger partial charge on any atom is -0.454 e. The molecule has 1 aromatic carbocycles. The van der Waals surface area contributed by atoms with Crippen LogP contribution in [0.5, 0.6) is 11.5 Å². The maximum absolute atomic E-state index is 12.6. The molecule has 0 unspecified atom stereocenters. The number of piperazine rings is 1. The van der Waals surface area contributed by atoms with Crippen LogP contribution in [0.4, 0.5) is 16.3 Å². The number of aromatic nitrogens is 5. The average molecular weight is 396 g/mol. The summed E-state index contributed by atoms with van der Waals surface area (Å²) >= 11 is 0. The summed E-state index contributed by atoms with van der Waals surface area (Å²) < 4.78 is 12.4. The molecule has 2 aliphatic rings. The molecule has 0 radical (unpaired) electrons. The maximum Gasteiger partial charge on any atom is 0.321 e. The zero-order valence-electron chi connectivity index (χ0n) is 15.9. The van der Waals surface area contributed by atoms with Gasteiger partial charge in [0, 0.05) is 44.5 Å². The average Bonchev–Trinajstić information content (AvgIpc) is 3.40. The molecule has 11 heteroatoms. The number of benzene rings is 1. The second kappa shape index (κ2) is 7.08. The summed E-state index contributed by atoms with van der Waals surface area (Å²) in [6.07, 6.45) is 1.53. The van der Waals surface area contributed by atoms with Gasteiger partial charge in [0.2, 0.25) is 6.79 Å². The van der Waals surface area contributed by atoms with Crippen LogP contribution in [-0.2, 0) is 6.54 Å². The Hall–Kier alpha value is -3.63. The quantitative estimate of drug-likeness (QED) is 0.706. The van der Waals surface area contributed by atoms with Crippen molar-refractivity contribution in [1.82, 2.24) is 29.9 Å². The number of nitrogens with zero attached hydrogens (tertiary/aromatic N) is 7. The highest BCUT2D eigenvalue weighted by molar-refractivity contribution is 5.90. The number of hydrogen-bond acceptors (Lipinski definition) is 8. The van der Waals surface area contributed by atoms with E-state index in [4.69, 9.17) is 9.47 Å². The summed E-state index contributed by atoms with van der Waals surface area (Å²) in [5.41, 5.74) is 2.09. The van der Waals surface area contributed by atoms with Gasteiger partial charge in [0.1, 0.15) is 6.33 Å². The first-order valence-electron chi connectivity index (χ1n) is 9.47. The molecule has 150 valence electrons. The lowest BCUT2D eigenvalue weighted by Crippen LogP contribution is -2.50. The van der Waals surface area contributed by atoms with E-state index >= 15 is 0 Å². The van der Waals surface area contributed by atoms with Crippen molar-refractivity contribution in [3.8, 4) is 11.5 Å². The van der Waals surface area contributed by atoms with Crippen LogP contribution in [0.15, 0.2) is 24.5 Å². The molecule has 0 aliphatic carbocycles. The van der Waals surface area contributed by atoms with Crippen LogP contribution in [0.1, 0.15) is 6.92 Å². The van der Waals surface area contributed by atoms with E-state index in [-0.39, 0.29) is 12.8 Å². The molecule has 0 bridgehead atoms. The van der Waals surface area contributed by atoms with Gasteiger partial charge >= 0.3 is 6.03 Å². The summed E-state index contributed by atoms with van der Waals surface area (Å²) in [5.74, 6) is 2.08. The van der Waals surface area contributed by atoms with Crippen LogP contribution in [0, 0.1) is 0 Å². The van der Waals surface area contributed by atoms with E-state index in [1.807, 2.05) is 6.92 Å². The third-order valence-corrected chi connectivity index (χ3v) is 5.07. The van der Waals surface area contributed by atoms with Gasteiger partial charge in [-0.3, -0.25) is 0 Å². The highest BCUT2D eigenvalue weighted by Crippen LogP contribution is 2.34. The first-order valence-corrected chi connectivity index (χ1v) is 9.47. The molecule has 2 aromatic heterocycles. The smallest absolute Gasteiger partial charge is 0.321 e. The van der Waals surface area contributed by atoms with Crippen molar-refractivity contribution in [1.29, 1.82) is 0 Å². The standard InChI is InChI=1S/C18H20N8O3/c1-2-26-17-15(22-23-26)16(19-10-20-17)24-5-7-25(8-6-24)18(27)21-12-3-4-13-14(9-12)29-11-28-13/h3-4,9-10H,2,5-8,11H2,1H3,(H,21,27). The number of anilines is 2. The molecule has 0 spiro atoms. The van der Waals surface area contributed by atoms with Crippen molar-refractivity contribution in [3.63, 3.8) is 0 Å². The lowest BCUT2D eigenvalue weighted by molar-refractivity contribution is 0.174. The number of aryl methyl sites for hydroxylation is 1. The van der Waals surface area contributed by atoms with Crippen molar-refractivity contribution >= 4 is 28.7 Å². The van der Waals surface area contributed by atoms with Crippen LogP contribution >= 0.6 is 0 Å². The fourth-order valence-electron chi connectivity index (χ4n) is 3.52. The van der Waals surface area contributed by atoms with Crippen molar-refractivity contribution in [2.24, 2.45) is 0 Å². The summed E-state index contributed by atoms with van der Waals surface area (Å²) in [5, 5.41) is 11.3. The van der Waals surface area contributed by atoms with E-state index in [2.05, 4.69) is 30.5 Å². The lowest BCUT2D eigenvalue weighted by Gasteiger charge is -2.35. The molecule has 2 amide bonds. The molecule has 1 saturated heterocycles. The molecule has 1 fully saturated rings. The van der Waals surface area contributed by atoms with Gasteiger partial charge in [-0.15, -0.1) is 5.10 Å². The molecule has 0 atom stereocenters. The molecule has 1 N–H and O–H groups in total. The van der Waals surface area contributed by atoms with E-state index in [9.17, 15) is 4.79 Å². The number of amides is 2. The Labute approximate surface area is 166 Å². The predicted molar refractivity (Wildman–Crippen MR) is 104 cm³/mol. The van der Waals surface area contributed by atoms with Gasteiger partial charge in [0.05, 0.1) is 0 Å². The van der Waals surface area contributed by atoms with Gasteiger partial charge in [-0.05, 0) is 19.1 Å². The SMILES string of the molecule is CCn1nnc2c(N3CCN(C(=O)Nc4ccc5c(c4)OCO5)CC3)ncnc21. The van der Waals surface area contributed by atoms with Crippen LogP contribution in [0.3, 0.4) is 0 Å². The Bertz CT molecular complexity index is 1060. The van der Waals surface area contributed by atoms with Crippen molar-refractivity contribution < 1.29 is 14.3 Å². The molecule has 29 heavy (non-hydrogen) atoms. The number of carbonyl (C=O) groups excluding carboxylic acids is 1. The number of nitrogens with one attached hydrogen (secondary N) is 1. The monoisotopic (exact) mass is 396 g/mol. The number of ether oxygens (including phenoxy) is 2. The van der Waals surface area contributed by atoms with Gasteiger partial charge in [-0.25, -0.2) is 19.4 Å². The first kappa shape index (κ1) is 17.5. The van der Waals surface area contributed by atoms with E-state index < -0.39 is 0 Å². The molecule has 4 heterocycles. The van der Waals surface area contributed by atoms with Gasteiger partial charge in [-0.1, -0.05) is 5.21 Å². The highest BCUT2D eigenvalue weighted by atomic mass is 16.7. The number of urea groups is 1. The third-order valence-electron chi connectivity index (χ3n) is 5.07. The van der Waals surface area contributed by atoms with Crippen LogP contribution in [0.2, 0.25) is 0 Å². The van der Waals surface area contributed by atoms with Crippen molar-refractivity contribution in [2.45, 2.75) is 13.5 Å². The van der Waals surface area contributed by atoms with Crippen LogP contribution < -0.4 is 19.7 Å². The normalized spacial score (nSPS) is 15.8. The molecule has 11 nitrogen and oxygen atoms in total. The number of carbonyl (C=O) groups is 1. The van der Waals surface area contributed by atoms with E-state index in [0.717, 1.165) is 11.5 Å². The zero-order chi connectivity index (χ0) is 19.8. The molecular weight excluding hydrogens is 376 g/mol. The van der Waals surface area contributed by atoms with E-state index in [1.54, 1.807) is 27.8 Å². The number of fused-ring (bicyclic) bond motifs is 2. The van der Waals surface area contributed by atoms with Gasteiger partial charge in [0.15, 0.2) is 28.5 Å². The Morgan fingerprint density at radius 3 is 2.79 bits per heavy atom. The Balaban J connectivity index is 1.25. The minimum atomic E-state index is -0.145. The second-order valence-electron chi connectivity index (χ2n) is 6.75. The predicted octanol–water partition coefficient (Wildman–Crippen LogP) is 1.32. The summed E-state index contributed by atoms with van der Waals surface area (Å²) in [6.45, 7) is 5.35. The third kappa shape index (κ3) is 3.13. The first-order chi connectivity index (χ1) is 14.2. The minimum absolute atomic E-state index is 0.145. The zero-order valence-corrected chi connectivity index (χ0v) is 15.9. The van der Waals surface area contributed by atoms with Gasteiger partial charge < -0.3 is 24.6 Å². The number of rotatable bonds is 3. The maximum atomic E-state index is 12.6. The van der Waals surface area contributed by atoms with Crippen LogP contribution in [0.25, 0.3) is 11.2 Å². The molecule has 2 aliphatic heterocycles. The summed E-state index contributed by atoms with van der Waals surface area (Å²) in [4.78, 5) is 25.2. The molecule has 5 rings (SSSR count). The van der Waals surface area contributed by atoms with E-state index in [0.29, 0.717) is 55.4 Å². The summed E-state index contributed by atoms with van der Waals surface area (Å²) in [7, 11) is 0. The molecule has 0 saturated carbocycles. The topological polar surface area (TPSA) is 111 Å². The fourth-order valence-corrected chi connectivity index (χ4v) is 3.52. The van der Waals surface area contributed by atoms with E-state index in [1.165, 1.54) is 6.33 Å². The van der Waals surface area contributed by atoms with Crippen LogP contribution in [-0.4, -0.2) is 68.9 Å². The number of hydrogen-bond donors (Lipinski definition) is 1. The van der Waals surface area contributed by atoms with Crippen molar-refractivity contribution in [3.05, 3.63) is 24.5 Å². The fraction of sp³-hybridized carbons (Fsp3) is 0.389. The Kier molecular flexibility index (Phi) is 4.26. The Morgan fingerprint density at radius 2 is 1.97 bits per heavy atom.